The molecule has 0 saturated carbocycles. The number of hydrogen-bond donors (Lipinski definition) is 0. The summed E-state index contributed by atoms with van der Waals surface area (Å²) in [7, 11) is 3.81. The molecule has 0 N–H and O–H groups in total. The average molecular weight is 385 g/mol. The maximum atomic E-state index is 13.5. The smallest absolute Gasteiger partial charge is 0.416 e. The van der Waals surface area contributed by atoms with Crippen LogP contribution in [0.5, 0.6) is 0 Å². The number of rotatable bonds is 3. The molecule has 3 heterocycles. The molecule has 6 nitrogen and oxygen atoms in total. The fourth-order valence-corrected chi connectivity index (χ4v) is 2.74. The molecule has 9 heteroatoms. The minimum absolute atomic E-state index is 0.00223. The standard InChI is InChI=1S/C19H14F3N5O/c1-27(2)13-7-5-11(6-8-13)17-25-26-18(28-17)14-10-12-4-3-9-23-16(12)24-15(14)19(20,21)22/h3-10H,1-2H3. The number of aromatic nitrogens is 4. The Bertz CT molecular complexity index is 1140. The van der Waals surface area contributed by atoms with Crippen LogP contribution >= 0.6 is 0 Å². The van der Waals surface area contributed by atoms with E-state index in [-0.39, 0.29) is 23.0 Å². The molecule has 142 valence electrons. The van der Waals surface area contributed by atoms with Crippen molar-refractivity contribution in [3.05, 3.63) is 54.4 Å². The highest BCUT2D eigenvalue weighted by Crippen LogP contribution is 2.37. The summed E-state index contributed by atoms with van der Waals surface area (Å²) in [5, 5.41) is 8.16. The Morgan fingerprint density at radius 2 is 1.68 bits per heavy atom. The Morgan fingerprint density at radius 3 is 2.36 bits per heavy atom. The van der Waals surface area contributed by atoms with Gasteiger partial charge in [0.05, 0.1) is 5.56 Å². The topological polar surface area (TPSA) is 67.9 Å². The third-order valence-electron chi connectivity index (χ3n) is 4.14. The molecule has 28 heavy (non-hydrogen) atoms. The Morgan fingerprint density at radius 1 is 0.964 bits per heavy atom. The van der Waals surface area contributed by atoms with Crippen LogP contribution in [0.1, 0.15) is 5.69 Å². The summed E-state index contributed by atoms with van der Waals surface area (Å²) >= 11 is 0. The van der Waals surface area contributed by atoms with Crippen molar-refractivity contribution in [3.63, 3.8) is 0 Å². The van der Waals surface area contributed by atoms with Crippen LogP contribution in [-0.2, 0) is 6.18 Å². The molecular weight excluding hydrogens is 371 g/mol. The van der Waals surface area contributed by atoms with E-state index in [0.29, 0.717) is 10.9 Å². The summed E-state index contributed by atoms with van der Waals surface area (Å²) in [6, 6.07) is 11.8. The van der Waals surface area contributed by atoms with Crippen molar-refractivity contribution < 1.29 is 17.6 Å². The Balaban J connectivity index is 1.80. The van der Waals surface area contributed by atoms with Gasteiger partial charge in [0.2, 0.25) is 11.8 Å². The van der Waals surface area contributed by atoms with Gasteiger partial charge in [-0.05, 0) is 42.5 Å². The first-order valence-electron chi connectivity index (χ1n) is 8.27. The second-order valence-corrected chi connectivity index (χ2v) is 6.29. The molecule has 4 aromatic rings. The van der Waals surface area contributed by atoms with E-state index in [1.807, 2.05) is 31.1 Å². The van der Waals surface area contributed by atoms with Gasteiger partial charge in [0.25, 0.3) is 0 Å². The van der Waals surface area contributed by atoms with Crippen molar-refractivity contribution >= 4 is 16.7 Å². The predicted molar refractivity (Wildman–Crippen MR) is 97.6 cm³/mol. The van der Waals surface area contributed by atoms with E-state index in [1.54, 1.807) is 24.3 Å². The molecule has 0 bridgehead atoms. The van der Waals surface area contributed by atoms with Crippen molar-refractivity contribution in [3.8, 4) is 22.9 Å². The van der Waals surface area contributed by atoms with Gasteiger partial charge in [-0.15, -0.1) is 10.2 Å². The Labute approximate surface area is 157 Å². The number of alkyl halides is 3. The van der Waals surface area contributed by atoms with Crippen LogP contribution in [0.2, 0.25) is 0 Å². The molecule has 0 aliphatic rings. The largest absolute Gasteiger partial charge is 0.434 e. The normalized spacial score (nSPS) is 11.8. The molecule has 1 aromatic carbocycles. The summed E-state index contributed by atoms with van der Waals surface area (Å²) < 4.78 is 46.1. The summed E-state index contributed by atoms with van der Waals surface area (Å²) in [6.45, 7) is 0. The first kappa shape index (κ1) is 17.9. The zero-order valence-electron chi connectivity index (χ0n) is 14.9. The van der Waals surface area contributed by atoms with Crippen molar-refractivity contribution in [2.24, 2.45) is 0 Å². The van der Waals surface area contributed by atoms with Gasteiger partial charge in [-0.25, -0.2) is 9.97 Å². The highest BCUT2D eigenvalue weighted by Gasteiger charge is 2.37. The number of hydrogen-bond acceptors (Lipinski definition) is 6. The molecular formula is C19H14F3N5O. The molecule has 0 amide bonds. The third-order valence-corrected chi connectivity index (χ3v) is 4.14. The van der Waals surface area contributed by atoms with Gasteiger partial charge in [0, 0.05) is 36.9 Å². The van der Waals surface area contributed by atoms with E-state index in [9.17, 15) is 13.2 Å². The molecule has 0 unspecified atom stereocenters. The summed E-state index contributed by atoms with van der Waals surface area (Å²) in [4.78, 5) is 9.47. The average Bonchev–Trinajstić information content (AvgIpc) is 3.16. The zero-order valence-corrected chi connectivity index (χ0v) is 14.9. The van der Waals surface area contributed by atoms with Gasteiger partial charge in [0.15, 0.2) is 11.3 Å². The molecule has 0 aliphatic heterocycles. The van der Waals surface area contributed by atoms with E-state index in [4.69, 9.17) is 4.42 Å². The van der Waals surface area contributed by atoms with E-state index in [2.05, 4.69) is 20.2 Å². The van der Waals surface area contributed by atoms with Gasteiger partial charge in [-0.3, -0.25) is 0 Å². The lowest BCUT2D eigenvalue weighted by Crippen LogP contribution is -2.11. The van der Waals surface area contributed by atoms with E-state index >= 15 is 0 Å². The second kappa shape index (κ2) is 6.59. The Hall–Kier alpha value is -3.49. The number of anilines is 1. The molecule has 0 aliphatic carbocycles. The summed E-state index contributed by atoms with van der Waals surface area (Å²) in [5.74, 6) is -0.128. The van der Waals surface area contributed by atoms with E-state index in [0.717, 1.165) is 5.69 Å². The van der Waals surface area contributed by atoms with Gasteiger partial charge in [0.1, 0.15) is 0 Å². The van der Waals surface area contributed by atoms with Crippen molar-refractivity contribution in [1.82, 2.24) is 20.2 Å². The minimum atomic E-state index is -4.69. The highest BCUT2D eigenvalue weighted by atomic mass is 19.4. The van der Waals surface area contributed by atoms with E-state index < -0.39 is 11.9 Å². The lowest BCUT2D eigenvalue weighted by molar-refractivity contribution is -0.140. The zero-order chi connectivity index (χ0) is 19.9. The number of benzene rings is 1. The lowest BCUT2D eigenvalue weighted by Gasteiger charge is -2.11. The lowest BCUT2D eigenvalue weighted by atomic mass is 10.1. The Kier molecular flexibility index (Phi) is 4.21. The maximum absolute atomic E-state index is 13.5. The van der Waals surface area contributed by atoms with Crippen LogP contribution in [-0.4, -0.2) is 34.3 Å². The fraction of sp³-hybridized carbons (Fsp3) is 0.158. The van der Waals surface area contributed by atoms with Gasteiger partial charge < -0.3 is 9.32 Å². The van der Waals surface area contributed by atoms with Crippen LogP contribution in [0.4, 0.5) is 18.9 Å². The van der Waals surface area contributed by atoms with Crippen LogP contribution in [0, 0.1) is 0 Å². The van der Waals surface area contributed by atoms with Crippen molar-refractivity contribution in [1.29, 1.82) is 0 Å². The number of halogens is 3. The first-order chi connectivity index (χ1) is 13.3. The molecule has 3 aromatic heterocycles. The van der Waals surface area contributed by atoms with Crippen LogP contribution in [0.25, 0.3) is 33.9 Å². The van der Waals surface area contributed by atoms with E-state index in [1.165, 1.54) is 12.3 Å². The highest BCUT2D eigenvalue weighted by molar-refractivity contribution is 5.80. The van der Waals surface area contributed by atoms with Crippen LogP contribution < -0.4 is 4.90 Å². The monoisotopic (exact) mass is 385 g/mol. The molecule has 0 radical (unpaired) electrons. The number of fused-ring (bicyclic) bond motifs is 1. The molecule has 0 atom stereocenters. The molecule has 0 fully saturated rings. The maximum Gasteiger partial charge on any atom is 0.434 e. The van der Waals surface area contributed by atoms with Gasteiger partial charge >= 0.3 is 6.18 Å². The quantitative estimate of drug-likeness (QED) is 0.520. The van der Waals surface area contributed by atoms with Crippen molar-refractivity contribution in [2.75, 3.05) is 19.0 Å². The molecule has 0 spiro atoms. The van der Waals surface area contributed by atoms with Crippen LogP contribution in [0.3, 0.4) is 0 Å². The minimum Gasteiger partial charge on any atom is -0.416 e. The van der Waals surface area contributed by atoms with Crippen LogP contribution in [0.15, 0.2) is 53.1 Å². The fourth-order valence-electron chi connectivity index (χ4n) is 2.74. The second-order valence-electron chi connectivity index (χ2n) is 6.29. The summed E-state index contributed by atoms with van der Waals surface area (Å²) in [6.07, 6.45) is -3.31. The van der Waals surface area contributed by atoms with Gasteiger partial charge in [-0.1, -0.05) is 0 Å². The molecule has 4 rings (SSSR count). The van der Waals surface area contributed by atoms with Crippen molar-refractivity contribution in [2.45, 2.75) is 6.18 Å². The first-order valence-corrected chi connectivity index (χ1v) is 8.27. The predicted octanol–water partition coefficient (Wildman–Crippen LogP) is 4.43. The summed E-state index contributed by atoms with van der Waals surface area (Å²) in [5.41, 5.74) is 0.175. The number of pyridine rings is 2. The third kappa shape index (κ3) is 3.26. The number of nitrogens with zero attached hydrogens (tertiary/aromatic N) is 5. The SMILES string of the molecule is CN(C)c1ccc(-c2nnc(-c3cc4cccnc4nc3C(F)(F)F)o2)cc1. The molecule has 0 saturated heterocycles. The van der Waals surface area contributed by atoms with Gasteiger partial charge in [-0.2, -0.15) is 13.2 Å².